The zero-order valence-corrected chi connectivity index (χ0v) is 14.1. The van der Waals surface area contributed by atoms with Crippen molar-refractivity contribution >= 4 is 23.5 Å². The first-order valence-electron chi connectivity index (χ1n) is 8.60. The zero-order valence-electron chi connectivity index (χ0n) is 14.1. The normalized spacial score (nSPS) is 24.9. The number of nitrogens with one attached hydrogen (secondary N) is 2. The monoisotopic (exact) mass is 356 g/mol. The zero-order chi connectivity index (χ0) is 18.7. The first-order valence-corrected chi connectivity index (χ1v) is 8.60. The number of amides is 2. The molecule has 3 N–H and O–H groups in total. The van der Waals surface area contributed by atoms with Gasteiger partial charge in [-0.15, -0.1) is 0 Å². The number of nitrogens with zero attached hydrogens (tertiary/aromatic N) is 2. The van der Waals surface area contributed by atoms with E-state index in [-0.39, 0.29) is 23.4 Å². The summed E-state index contributed by atoms with van der Waals surface area (Å²) in [6, 6.07) is 6.78. The maximum Gasteiger partial charge on any atom is 0.335 e. The van der Waals surface area contributed by atoms with Crippen molar-refractivity contribution in [1.29, 1.82) is 5.26 Å². The number of rotatable bonds is 4. The lowest BCUT2D eigenvalue weighted by atomic mass is 10.1. The van der Waals surface area contributed by atoms with Crippen LogP contribution in [-0.2, 0) is 9.59 Å². The van der Waals surface area contributed by atoms with Gasteiger partial charge >= 0.3 is 5.97 Å². The van der Waals surface area contributed by atoms with Crippen molar-refractivity contribution in [2.24, 2.45) is 0 Å². The van der Waals surface area contributed by atoms with Crippen LogP contribution in [0.15, 0.2) is 24.3 Å². The summed E-state index contributed by atoms with van der Waals surface area (Å²) >= 11 is 0. The highest BCUT2D eigenvalue weighted by Crippen LogP contribution is 2.22. The molecule has 3 atom stereocenters. The molecule has 8 heteroatoms. The predicted molar refractivity (Wildman–Crippen MR) is 92.3 cm³/mol. The molecule has 2 fully saturated rings. The van der Waals surface area contributed by atoms with E-state index in [2.05, 4.69) is 16.7 Å². The minimum Gasteiger partial charge on any atom is -0.478 e. The van der Waals surface area contributed by atoms with E-state index >= 15 is 0 Å². The lowest BCUT2D eigenvalue weighted by molar-refractivity contribution is -0.133. The van der Waals surface area contributed by atoms with Gasteiger partial charge in [0.25, 0.3) is 0 Å². The van der Waals surface area contributed by atoms with Crippen LogP contribution >= 0.6 is 0 Å². The SMILES string of the molecule is N#C[C@@H]1CCCN1C(=O)[C@@H]1CC[C@H](C(=O)Nc2cccc(C(=O)O)c2)N1. The van der Waals surface area contributed by atoms with Gasteiger partial charge in [0.2, 0.25) is 11.8 Å². The molecule has 0 bridgehead atoms. The van der Waals surface area contributed by atoms with Crippen molar-refractivity contribution in [2.75, 3.05) is 11.9 Å². The third-order valence-corrected chi connectivity index (χ3v) is 4.82. The molecule has 3 rings (SSSR count). The van der Waals surface area contributed by atoms with Gasteiger partial charge in [0, 0.05) is 12.2 Å². The van der Waals surface area contributed by atoms with Gasteiger partial charge in [0.1, 0.15) is 6.04 Å². The van der Waals surface area contributed by atoms with E-state index in [0.717, 1.165) is 6.42 Å². The first-order chi connectivity index (χ1) is 12.5. The van der Waals surface area contributed by atoms with E-state index in [1.807, 2.05) is 0 Å². The minimum absolute atomic E-state index is 0.0896. The molecule has 26 heavy (non-hydrogen) atoms. The number of carbonyl (C=O) groups is 3. The number of benzene rings is 1. The van der Waals surface area contributed by atoms with Crippen LogP contribution in [0, 0.1) is 11.3 Å². The maximum atomic E-state index is 12.6. The van der Waals surface area contributed by atoms with Crippen molar-refractivity contribution in [2.45, 2.75) is 43.8 Å². The van der Waals surface area contributed by atoms with Crippen LogP contribution in [-0.4, -0.2) is 52.5 Å². The molecule has 2 amide bonds. The van der Waals surface area contributed by atoms with E-state index in [4.69, 9.17) is 10.4 Å². The smallest absolute Gasteiger partial charge is 0.335 e. The van der Waals surface area contributed by atoms with Crippen LogP contribution < -0.4 is 10.6 Å². The van der Waals surface area contributed by atoms with Gasteiger partial charge in [-0.3, -0.25) is 14.9 Å². The Morgan fingerprint density at radius 1 is 1.23 bits per heavy atom. The number of likely N-dealkylation sites (tertiary alicyclic amines) is 1. The Morgan fingerprint density at radius 3 is 2.73 bits per heavy atom. The molecule has 0 saturated carbocycles. The Morgan fingerprint density at radius 2 is 2.00 bits per heavy atom. The highest BCUT2D eigenvalue weighted by Gasteiger charge is 2.38. The third kappa shape index (κ3) is 3.68. The molecule has 1 aromatic rings. The largest absolute Gasteiger partial charge is 0.478 e. The fourth-order valence-corrected chi connectivity index (χ4v) is 3.47. The molecular formula is C18H20N4O4. The summed E-state index contributed by atoms with van der Waals surface area (Å²) in [6.07, 6.45) is 2.55. The van der Waals surface area contributed by atoms with E-state index in [0.29, 0.717) is 31.5 Å². The molecule has 1 aromatic carbocycles. The summed E-state index contributed by atoms with van der Waals surface area (Å²) in [5.74, 6) is -1.50. The highest BCUT2D eigenvalue weighted by atomic mass is 16.4. The molecule has 0 spiro atoms. The van der Waals surface area contributed by atoms with Gasteiger partial charge < -0.3 is 15.3 Å². The summed E-state index contributed by atoms with van der Waals surface area (Å²) in [4.78, 5) is 37.6. The third-order valence-electron chi connectivity index (χ3n) is 4.82. The van der Waals surface area contributed by atoms with Gasteiger partial charge in [-0.2, -0.15) is 5.26 Å². The Kier molecular flexibility index (Phi) is 5.19. The Balaban J connectivity index is 1.59. The van der Waals surface area contributed by atoms with Gasteiger partial charge in [-0.1, -0.05) is 6.07 Å². The summed E-state index contributed by atoms with van der Waals surface area (Å²) in [7, 11) is 0. The average molecular weight is 356 g/mol. The summed E-state index contributed by atoms with van der Waals surface area (Å²) in [5.41, 5.74) is 0.488. The number of aromatic carboxylic acids is 1. The number of anilines is 1. The van der Waals surface area contributed by atoms with Crippen molar-refractivity contribution < 1.29 is 19.5 Å². The molecule has 2 heterocycles. The van der Waals surface area contributed by atoms with Crippen LogP contribution in [0.1, 0.15) is 36.0 Å². The van der Waals surface area contributed by atoms with E-state index in [1.54, 1.807) is 17.0 Å². The molecule has 2 saturated heterocycles. The number of carboxylic acids is 1. The standard InChI is InChI=1S/C18H20N4O4/c19-10-13-5-2-8-22(13)17(24)15-7-6-14(21-15)16(23)20-12-4-1-3-11(9-12)18(25)26/h1,3-4,9,13-15,21H,2,5-8H2,(H,20,23)(H,25,26)/t13-,14+,15-/m0/s1. The average Bonchev–Trinajstić information content (AvgIpc) is 3.30. The van der Waals surface area contributed by atoms with Gasteiger partial charge in [0.05, 0.1) is 23.7 Å². The minimum atomic E-state index is -1.07. The summed E-state index contributed by atoms with van der Waals surface area (Å²) in [5, 5.41) is 23.9. The molecular weight excluding hydrogens is 336 g/mol. The molecule has 136 valence electrons. The molecule has 0 unspecified atom stereocenters. The molecule has 8 nitrogen and oxygen atoms in total. The molecule has 0 aliphatic carbocycles. The Bertz CT molecular complexity index is 773. The second-order valence-corrected chi connectivity index (χ2v) is 6.54. The van der Waals surface area contributed by atoms with Gasteiger partial charge in [-0.25, -0.2) is 4.79 Å². The number of hydrogen-bond acceptors (Lipinski definition) is 5. The van der Waals surface area contributed by atoms with Gasteiger partial charge in [-0.05, 0) is 43.9 Å². The Hall–Kier alpha value is -2.92. The molecule has 2 aliphatic rings. The number of carboxylic acid groups (broad SMARTS) is 1. The molecule has 0 radical (unpaired) electrons. The lowest BCUT2D eigenvalue weighted by Crippen LogP contribution is -2.48. The molecule has 0 aromatic heterocycles. The van der Waals surface area contributed by atoms with Crippen LogP contribution in [0.2, 0.25) is 0 Å². The van der Waals surface area contributed by atoms with Crippen LogP contribution in [0.3, 0.4) is 0 Å². The summed E-state index contributed by atoms with van der Waals surface area (Å²) in [6.45, 7) is 0.577. The Labute approximate surface area is 150 Å². The lowest BCUT2D eigenvalue weighted by Gasteiger charge is -2.23. The van der Waals surface area contributed by atoms with Crippen molar-refractivity contribution in [3.63, 3.8) is 0 Å². The fourth-order valence-electron chi connectivity index (χ4n) is 3.47. The highest BCUT2D eigenvalue weighted by molar-refractivity contribution is 5.97. The quantitative estimate of drug-likeness (QED) is 0.738. The van der Waals surface area contributed by atoms with E-state index in [9.17, 15) is 14.4 Å². The van der Waals surface area contributed by atoms with Crippen LogP contribution in [0.25, 0.3) is 0 Å². The fraction of sp³-hybridized carbons (Fsp3) is 0.444. The van der Waals surface area contributed by atoms with Crippen molar-refractivity contribution in [1.82, 2.24) is 10.2 Å². The second-order valence-electron chi connectivity index (χ2n) is 6.54. The van der Waals surface area contributed by atoms with Crippen molar-refractivity contribution in [3.8, 4) is 6.07 Å². The number of carbonyl (C=O) groups excluding carboxylic acids is 2. The van der Waals surface area contributed by atoms with E-state index in [1.165, 1.54) is 12.1 Å². The van der Waals surface area contributed by atoms with Gasteiger partial charge in [0.15, 0.2) is 0 Å². The topological polar surface area (TPSA) is 123 Å². The van der Waals surface area contributed by atoms with Crippen LogP contribution in [0.5, 0.6) is 0 Å². The van der Waals surface area contributed by atoms with E-state index < -0.39 is 18.1 Å². The summed E-state index contributed by atoms with van der Waals surface area (Å²) < 4.78 is 0. The van der Waals surface area contributed by atoms with Crippen molar-refractivity contribution in [3.05, 3.63) is 29.8 Å². The number of hydrogen-bond donors (Lipinski definition) is 3. The number of nitriles is 1. The first kappa shape index (κ1) is 17.9. The molecule has 2 aliphatic heterocycles. The van der Waals surface area contributed by atoms with Crippen LogP contribution in [0.4, 0.5) is 5.69 Å². The predicted octanol–water partition coefficient (Wildman–Crippen LogP) is 0.958. The maximum absolute atomic E-state index is 12.6. The second kappa shape index (κ2) is 7.54.